The van der Waals surface area contributed by atoms with Gasteiger partial charge in [0.05, 0.1) is 17.3 Å². The summed E-state index contributed by atoms with van der Waals surface area (Å²) in [6.07, 6.45) is 2.45. The first-order valence-corrected chi connectivity index (χ1v) is 7.60. The molecule has 0 bridgehead atoms. The lowest BCUT2D eigenvalue weighted by atomic mass is 10.0. The molecule has 102 valence electrons. The number of aliphatic hydroxyl groups is 1. The van der Waals surface area contributed by atoms with Gasteiger partial charge < -0.3 is 5.11 Å². The molecule has 0 saturated heterocycles. The summed E-state index contributed by atoms with van der Waals surface area (Å²) in [6.45, 7) is 4.41. The number of nitrogens with zero attached hydrogens (tertiary/aromatic N) is 1. The van der Waals surface area contributed by atoms with Gasteiger partial charge >= 0.3 is 0 Å². The van der Waals surface area contributed by atoms with Crippen LogP contribution in [0.3, 0.4) is 0 Å². The standard InChI is InChI=1S/C16H20BrNO/c1-11(2)6-5-9-15(19)16-13(17)10-12-7-3-4-8-14(12)18-16/h3-4,7-8,10-11,15,19H,5-6,9H2,1-2H3. The third-order valence-corrected chi connectivity index (χ3v) is 3.91. The van der Waals surface area contributed by atoms with E-state index >= 15 is 0 Å². The monoisotopic (exact) mass is 321 g/mol. The molecule has 1 heterocycles. The van der Waals surface area contributed by atoms with Gasteiger partial charge in [-0.05, 0) is 40.4 Å². The minimum absolute atomic E-state index is 0.488. The van der Waals surface area contributed by atoms with Crippen LogP contribution in [0.1, 0.15) is 44.9 Å². The van der Waals surface area contributed by atoms with Crippen LogP contribution in [0.15, 0.2) is 34.8 Å². The molecule has 0 saturated carbocycles. The van der Waals surface area contributed by atoms with E-state index in [0.29, 0.717) is 5.92 Å². The van der Waals surface area contributed by atoms with E-state index in [-0.39, 0.29) is 0 Å². The van der Waals surface area contributed by atoms with Gasteiger partial charge in [0.2, 0.25) is 0 Å². The molecule has 0 fully saturated rings. The third-order valence-electron chi connectivity index (χ3n) is 3.28. The van der Waals surface area contributed by atoms with Gasteiger partial charge in [-0.1, -0.05) is 44.9 Å². The number of fused-ring (bicyclic) bond motifs is 1. The lowest BCUT2D eigenvalue weighted by Crippen LogP contribution is -2.03. The highest BCUT2D eigenvalue weighted by atomic mass is 79.9. The number of aromatic nitrogens is 1. The zero-order chi connectivity index (χ0) is 13.8. The highest BCUT2D eigenvalue weighted by Crippen LogP contribution is 2.28. The lowest BCUT2D eigenvalue weighted by molar-refractivity contribution is 0.157. The molecule has 0 aliphatic heterocycles. The van der Waals surface area contributed by atoms with Crippen molar-refractivity contribution in [1.82, 2.24) is 4.98 Å². The van der Waals surface area contributed by atoms with Gasteiger partial charge in [0.15, 0.2) is 0 Å². The molecular formula is C16H20BrNO. The lowest BCUT2D eigenvalue weighted by Gasteiger charge is -2.13. The molecule has 19 heavy (non-hydrogen) atoms. The molecule has 1 aromatic carbocycles. The van der Waals surface area contributed by atoms with Gasteiger partial charge in [0.1, 0.15) is 0 Å². The Morgan fingerprint density at radius 1 is 1.21 bits per heavy atom. The van der Waals surface area contributed by atoms with Gasteiger partial charge in [0, 0.05) is 9.86 Å². The number of pyridine rings is 1. The Morgan fingerprint density at radius 2 is 1.95 bits per heavy atom. The van der Waals surface area contributed by atoms with Crippen LogP contribution < -0.4 is 0 Å². The summed E-state index contributed by atoms with van der Waals surface area (Å²) in [5.74, 6) is 0.681. The molecule has 1 atom stereocenters. The molecule has 2 rings (SSSR count). The van der Waals surface area contributed by atoms with E-state index in [4.69, 9.17) is 0 Å². The van der Waals surface area contributed by atoms with Crippen molar-refractivity contribution in [2.75, 3.05) is 0 Å². The van der Waals surface area contributed by atoms with E-state index in [1.165, 1.54) is 0 Å². The smallest absolute Gasteiger partial charge is 0.0971 e. The average molecular weight is 322 g/mol. The molecule has 1 unspecified atom stereocenters. The summed E-state index contributed by atoms with van der Waals surface area (Å²) in [5, 5.41) is 11.4. The summed E-state index contributed by atoms with van der Waals surface area (Å²) in [5.41, 5.74) is 1.69. The van der Waals surface area contributed by atoms with Crippen LogP contribution in [0.25, 0.3) is 10.9 Å². The van der Waals surface area contributed by atoms with Gasteiger partial charge in [0.25, 0.3) is 0 Å². The summed E-state index contributed by atoms with van der Waals surface area (Å²) in [7, 11) is 0. The highest BCUT2D eigenvalue weighted by molar-refractivity contribution is 9.10. The fraction of sp³-hybridized carbons (Fsp3) is 0.438. The van der Waals surface area contributed by atoms with E-state index in [0.717, 1.165) is 40.3 Å². The van der Waals surface area contributed by atoms with Crippen LogP contribution in [-0.4, -0.2) is 10.1 Å². The summed E-state index contributed by atoms with van der Waals surface area (Å²) in [6, 6.07) is 10.0. The average Bonchev–Trinajstić information content (AvgIpc) is 2.37. The van der Waals surface area contributed by atoms with Crippen molar-refractivity contribution < 1.29 is 5.11 Å². The Bertz CT molecular complexity index is 553. The van der Waals surface area contributed by atoms with Crippen molar-refractivity contribution in [2.24, 2.45) is 5.92 Å². The minimum atomic E-state index is -0.488. The predicted molar refractivity (Wildman–Crippen MR) is 83.1 cm³/mol. The maximum atomic E-state index is 10.3. The fourth-order valence-electron chi connectivity index (χ4n) is 2.19. The van der Waals surface area contributed by atoms with Crippen LogP contribution in [-0.2, 0) is 0 Å². The van der Waals surface area contributed by atoms with Gasteiger partial charge in [-0.2, -0.15) is 0 Å². The number of hydrogen-bond donors (Lipinski definition) is 1. The molecule has 0 amide bonds. The van der Waals surface area contributed by atoms with Crippen LogP contribution in [0.2, 0.25) is 0 Å². The van der Waals surface area contributed by atoms with Crippen molar-refractivity contribution in [2.45, 2.75) is 39.2 Å². The first-order chi connectivity index (χ1) is 9.08. The maximum Gasteiger partial charge on any atom is 0.0971 e. The number of rotatable bonds is 5. The van der Waals surface area contributed by atoms with E-state index in [1.807, 2.05) is 30.3 Å². The Kier molecular flexibility index (Phi) is 4.94. The molecule has 2 aromatic rings. The summed E-state index contributed by atoms with van der Waals surface area (Å²) in [4.78, 5) is 4.58. The quantitative estimate of drug-likeness (QED) is 0.853. The first kappa shape index (κ1) is 14.5. The molecule has 0 radical (unpaired) electrons. The van der Waals surface area contributed by atoms with Crippen LogP contribution >= 0.6 is 15.9 Å². The second kappa shape index (κ2) is 6.49. The van der Waals surface area contributed by atoms with E-state index in [2.05, 4.69) is 34.8 Å². The first-order valence-electron chi connectivity index (χ1n) is 6.81. The molecule has 0 spiro atoms. The SMILES string of the molecule is CC(C)CCCC(O)c1nc2ccccc2cc1Br. The van der Waals surface area contributed by atoms with Crippen molar-refractivity contribution in [3.8, 4) is 0 Å². The summed E-state index contributed by atoms with van der Waals surface area (Å²) >= 11 is 3.52. The number of hydrogen-bond acceptors (Lipinski definition) is 2. The number of para-hydroxylation sites is 1. The molecule has 0 aliphatic carbocycles. The van der Waals surface area contributed by atoms with Crippen LogP contribution in [0.4, 0.5) is 0 Å². The zero-order valence-electron chi connectivity index (χ0n) is 11.4. The predicted octanol–water partition coefficient (Wildman–Crippen LogP) is 4.86. The number of benzene rings is 1. The Hall–Kier alpha value is -0.930. The molecule has 1 aromatic heterocycles. The minimum Gasteiger partial charge on any atom is -0.387 e. The second-order valence-electron chi connectivity index (χ2n) is 5.39. The molecule has 2 nitrogen and oxygen atoms in total. The Labute approximate surface area is 123 Å². The largest absolute Gasteiger partial charge is 0.387 e. The second-order valence-corrected chi connectivity index (χ2v) is 6.24. The summed E-state index contributed by atoms with van der Waals surface area (Å²) < 4.78 is 0.892. The van der Waals surface area contributed by atoms with Crippen LogP contribution in [0, 0.1) is 5.92 Å². The van der Waals surface area contributed by atoms with Crippen molar-refractivity contribution in [3.05, 3.63) is 40.5 Å². The van der Waals surface area contributed by atoms with Crippen molar-refractivity contribution in [1.29, 1.82) is 0 Å². The molecule has 0 aliphatic rings. The van der Waals surface area contributed by atoms with Gasteiger partial charge in [-0.15, -0.1) is 0 Å². The topological polar surface area (TPSA) is 33.1 Å². The van der Waals surface area contributed by atoms with Crippen LogP contribution in [0.5, 0.6) is 0 Å². The Balaban J connectivity index is 2.16. The fourth-order valence-corrected chi connectivity index (χ4v) is 2.79. The van der Waals surface area contributed by atoms with Gasteiger partial charge in [-0.25, -0.2) is 4.98 Å². The maximum absolute atomic E-state index is 10.3. The highest BCUT2D eigenvalue weighted by Gasteiger charge is 2.14. The molecule has 3 heteroatoms. The number of aliphatic hydroxyl groups excluding tert-OH is 1. The number of halogens is 1. The zero-order valence-corrected chi connectivity index (χ0v) is 13.0. The molecular weight excluding hydrogens is 302 g/mol. The van der Waals surface area contributed by atoms with E-state index < -0.39 is 6.10 Å². The normalized spacial score (nSPS) is 13.1. The van der Waals surface area contributed by atoms with Crippen molar-refractivity contribution in [3.63, 3.8) is 0 Å². The Morgan fingerprint density at radius 3 is 2.68 bits per heavy atom. The molecule has 1 N–H and O–H groups in total. The van der Waals surface area contributed by atoms with E-state index in [1.54, 1.807) is 0 Å². The van der Waals surface area contributed by atoms with Crippen molar-refractivity contribution >= 4 is 26.8 Å². The van der Waals surface area contributed by atoms with E-state index in [9.17, 15) is 5.11 Å². The third kappa shape index (κ3) is 3.77. The van der Waals surface area contributed by atoms with Gasteiger partial charge in [-0.3, -0.25) is 0 Å².